The van der Waals surface area contributed by atoms with E-state index in [-0.39, 0.29) is 24.8 Å². The minimum Gasteiger partial charge on any atom is -0.336 e. The highest BCUT2D eigenvalue weighted by molar-refractivity contribution is 5.85. The van der Waals surface area contributed by atoms with Crippen molar-refractivity contribution in [3.63, 3.8) is 0 Å². The molecule has 0 unspecified atom stereocenters. The number of nitrogens with one attached hydrogen (secondary N) is 1. The second-order valence-corrected chi connectivity index (χ2v) is 4.24. The molecule has 0 fully saturated rings. The molecule has 0 atom stereocenters. The number of likely N-dealkylation sites (N-methyl/N-ethyl adjacent to an activating group) is 1. The lowest BCUT2D eigenvalue weighted by Gasteiger charge is -2.17. The monoisotopic (exact) mass is 332 g/mol. The molecular formula is C14H22Cl2N4O. The van der Waals surface area contributed by atoms with Gasteiger partial charge in [-0.2, -0.15) is 4.98 Å². The molecule has 0 saturated carbocycles. The maximum absolute atomic E-state index is 5.18. The molecule has 0 aliphatic carbocycles. The van der Waals surface area contributed by atoms with Crippen LogP contribution in [0.3, 0.4) is 0 Å². The van der Waals surface area contributed by atoms with Gasteiger partial charge < -0.3 is 14.7 Å². The molecular weight excluding hydrogens is 311 g/mol. The molecule has 0 aliphatic rings. The number of hydrogen-bond donors (Lipinski definition) is 1. The molecule has 21 heavy (non-hydrogen) atoms. The van der Waals surface area contributed by atoms with Crippen molar-refractivity contribution >= 4 is 30.8 Å². The van der Waals surface area contributed by atoms with E-state index in [0.717, 1.165) is 31.7 Å². The fourth-order valence-electron chi connectivity index (χ4n) is 1.86. The average Bonchev–Trinajstić information content (AvgIpc) is 2.93. The zero-order valence-electron chi connectivity index (χ0n) is 12.3. The summed E-state index contributed by atoms with van der Waals surface area (Å²) in [5, 5.41) is 7.11. The Morgan fingerprint density at radius 3 is 2.38 bits per heavy atom. The Morgan fingerprint density at radius 2 is 1.76 bits per heavy atom. The normalized spacial score (nSPS) is 9.86. The van der Waals surface area contributed by atoms with Gasteiger partial charge in [0.2, 0.25) is 5.82 Å². The lowest BCUT2D eigenvalue weighted by atomic mass is 10.2. The molecule has 7 heteroatoms. The van der Waals surface area contributed by atoms with E-state index >= 15 is 0 Å². The minimum absolute atomic E-state index is 0. The standard InChI is InChI=1S/C14H20N4O.2ClH/c1-3-18(4-2)11-10-15-14-16-13(17-19-14)12-8-6-5-7-9-12;;/h5-9H,3-4,10-11H2,1-2H3,(H,15,16,17);2*1H. The lowest BCUT2D eigenvalue weighted by molar-refractivity contribution is 0.314. The van der Waals surface area contributed by atoms with Crippen LogP contribution in [0.5, 0.6) is 0 Å². The van der Waals surface area contributed by atoms with Gasteiger partial charge in [0.05, 0.1) is 0 Å². The van der Waals surface area contributed by atoms with E-state index < -0.39 is 0 Å². The fraction of sp³-hybridized carbons (Fsp3) is 0.429. The van der Waals surface area contributed by atoms with Crippen molar-refractivity contribution in [3.8, 4) is 11.4 Å². The van der Waals surface area contributed by atoms with Crippen molar-refractivity contribution in [3.05, 3.63) is 30.3 Å². The van der Waals surface area contributed by atoms with Crippen LogP contribution in [0.1, 0.15) is 13.8 Å². The van der Waals surface area contributed by atoms with Crippen LogP contribution in [0.4, 0.5) is 6.01 Å². The van der Waals surface area contributed by atoms with Gasteiger partial charge >= 0.3 is 6.01 Å². The van der Waals surface area contributed by atoms with Crippen molar-refractivity contribution in [2.45, 2.75) is 13.8 Å². The number of hydrogen-bond acceptors (Lipinski definition) is 5. The molecule has 5 nitrogen and oxygen atoms in total. The van der Waals surface area contributed by atoms with Gasteiger partial charge in [0.15, 0.2) is 0 Å². The molecule has 0 spiro atoms. The Bertz CT molecular complexity index is 489. The van der Waals surface area contributed by atoms with Gasteiger partial charge in [-0.15, -0.1) is 24.8 Å². The number of halogens is 2. The zero-order valence-corrected chi connectivity index (χ0v) is 13.9. The van der Waals surface area contributed by atoms with Crippen LogP contribution in [-0.2, 0) is 0 Å². The maximum Gasteiger partial charge on any atom is 0.321 e. The summed E-state index contributed by atoms with van der Waals surface area (Å²) in [4.78, 5) is 6.66. The van der Waals surface area contributed by atoms with Crippen LogP contribution in [-0.4, -0.2) is 41.2 Å². The van der Waals surface area contributed by atoms with Crippen LogP contribution in [0.25, 0.3) is 11.4 Å². The molecule has 0 aliphatic heterocycles. The van der Waals surface area contributed by atoms with E-state index in [2.05, 4.69) is 34.2 Å². The molecule has 2 rings (SSSR count). The van der Waals surface area contributed by atoms with E-state index in [4.69, 9.17) is 4.52 Å². The van der Waals surface area contributed by atoms with Crippen molar-refractivity contribution in [1.82, 2.24) is 15.0 Å². The molecule has 1 N–H and O–H groups in total. The lowest BCUT2D eigenvalue weighted by Crippen LogP contribution is -2.28. The molecule has 1 heterocycles. The molecule has 0 amide bonds. The summed E-state index contributed by atoms with van der Waals surface area (Å²) in [6.45, 7) is 8.19. The summed E-state index contributed by atoms with van der Waals surface area (Å²) in [7, 11) is 0. The van der Waals surface area contributed by atoms with Crippen molar-refractivity contribution in [2.24, 2.45) is 0 Å². The van der Waals surface area contributed by atoms with Crippen LogP contribution in [0.15, 0.2) is 34.9 Å². The first-order chi connectivity index (χ1) is 9.33. The highest BCUT2D eigenvalue weighted by Gasteiger charge is 2.07. The van der Waals surface area contributed by atoms with E-state index in [9.17, 15) is 0 Å². The zero-order chi connectivity index (χ0) is 13.5. The highest BCUT2D eigenvalue weighted by Crippen LogP contribution is 2.16. The summed E-state index contributed by atoms with van der Waals surface area (Å²) < 4.78 is 5.18. The van der Waals surface area contributed by atoms with Crippen LogP contribution in [0.2, 0.25) is 0 Å². The maximum atomic E-state index is 5.18. The molecule has 1 aromatic heterocycles. The summed E-state index contributed by atoms with van der Waals surface area (Å²) in [5.41, 5.74) is 0.961. The van der Waals surface area contributed by atoms with Gasteiger partial charge in [-0.05, 0) is 13.1 Å². The third kappa shape index (κ3) is 5.91. The number of anilines is 1. The SMILES string of the molecule is CCN(CC)CCNc1nc(-c2ccccc2)no1.Cl.Cl. The molecule has 2 aromatic rings. The first kappa shape index (κ1) is 19.7. The van der Waals surface area contributed by atoms with Crippen LogP contribution in [0, 0.1) is 0 Å². The second kappa shape index (κ2) is 10.4. The third-order valence-electron chi connectivity index (χ3n) is 3.06. The summed E-state index contributed by atoms with van der Waals surface area (Å²) in [6, 6.07) is 10.3. The van der Waals surface area contributed by atoms with E-state index in [1.807, 2.05) is 30.3 Å². The molecule has 0 saturated heterocycles. The molecule has 118 valence electrons. The van der Waals surface area contributed by atoms with Gasteiger partial charge in [-0.25, -0.2) is 0 Å². The highest BCUT2D eigenvalue weighted by atomic mass is 35.5. The van der Waals surface area contributed by atoms with E-state index in [1.54, 1.807) is 0 Å². The predicted molar refractivity (Wildman–Crippen MR) is 90.5 cm³/mol. The number of rotatable bonds is 7. The third-order valence-corrected chi connectivity index (χ3v) is 3.06. The average molecular weight is 333 g/mol. The van der Waals surface area contributed by atoms with E-state index in [1.165, 1.54) is 0 Å². The van der Waals surface area contributed by atoms with Crippen LogP contribution < -0.4 is 5.32 Å². The molecule has 0 bridgehead atoms. The number of benzene rings is 1. The van der Waals surface area contributed by atoms with Crippen molar-refractivity contribution in [2.75, 3.05) is 31.5 Å². The van der Waals surface area contributed by atoms with Crippen molar-refractivity contribution in [1.29, 1.82) is 0 Å². The molecule has 0 radical (unpaired) electrons. The Morgan fingerprint density at radius 1 is 1.10 bits per heavy atom. The van der Waals surface area contributed by atoms with Gasteiger partial charge in [0.1, 0.15) is 0 Å². The first-order valence-electron chi connectivity index (χ1n) is 6.68. The number of nitrogens with zero attached hydrogens (tertiary/aromatic N) is 3. The van der Waals surface area contributed by atoms with Gasteiger partial charge in [-0.1, -0.05) is 49.3 Å². The van der Waals surface area contributed by atoms with Crippen LogP contribution >= 0.6 is 24.8 Å². The largest absolute Gasteiger partial charge is 0.336 e. The topological polar surface area (TPSA) is 54.2 Å². The smallest absolute Gasteiger partial charge is 0.321 e. The molecule has 1 aromatic carbocycles. The Balaban J connectivity index is 0.00000200. The first-order valence-corrected chi connectivity index (χ1v) is 6.68. The summed E-state index contributed by atoms with van der Waals surface area (Å²) in [6.07, 6.45) is 0. The quantitative estimate of drug-likeness (QED) is 0.842. The Kier molecular flexibility index (Phi) is 9.78. The second-order valence-electron chi connectivity index (χ2n) is 4.24. The summed E-state index contributed by atoms with van der Waals surface area (Å²) in [5.74, 6) is 0.617. The number of aromatic nitrogens is 2. The van der Waals surface area contributed by atoms with Gasteiger partial charge in [-0.3, -0.25) is 0 Å². The van der Waals surface area contributed by atoms with Gasteiger partial charge in [0.25, 0.3) is 0 Å². The Hall–Kier alpha value is -1.30. The Labute approximate surface area is 137 Å². The van der Waals surface area contributed by atoms with Crippen molar-refractivity contribution < 1.29 is 4.52 Å². The minimum atomic E-state index is 0. The van der Waals surface area contributed by atoms with Gasteiger partial charge in [0, 0.05) is 18.7 Å². The predicted octanol–water partition coefficient (Wildman–Crippen LogP) is 3.33. The van der Waals surface area contributed by atoms with E-state index in [0.29, 0.717) is 11.8 Å². The summed E-state index contributed by atoms with van der Waals surface area (Å²) >= 11 is 0. The fourth-order valence-corrected chi connectivity index (χ4v) is 1.86.